The molecule has 0 saturated carbocycles. The Kier molecular flexibility index (Phi) is 13.4. The van der Waals surface area contributed by atoms with Gasteiger partial charge in [-0.3, -0.25) is 0 Å². The van der Waals surface area contributed by atoms with Crippen molar-refractivity contribution in [3.05, 3.63) is 0 Å². The highest BCUT2D eigenvalue weighted by molar-refractivity contribution is 4.98. The van der Waals surface area contributed by atoms with E-state index in [0.717, 1.165) is 12.8 Å². The molecule has 0 bridgehead atoms. The van der Waals surface area contributed by atoms with E-state index in [0.29, 0.717) is 106 Å². The standard InChI is InChI=1S/C22H42O8/c1-3-21(17-27-13-9-23-5-6-24-10-14-28-18-21)22(4-2)19-29-15-11-25-7-8-26-12-16-30-20-22/h3-20H2,1-2H3. The van der Waals surface area contributed by atoms with E-state index in [1.165, 1.54) is 0 Å². The van der Waals surface area contributed by atoms with Crippen LogP contribution in [0.4, 0.5) is 0 Å². The molecule has 2 saturated heterocycles. The Morgan fingerprint density at radius 3 is 0.767 bits per heavy atom. The number of ether oxygens (including phenoxy) is 8. The molecule has 0 aromatic rings. The molecule has 0 atom stereocenters. The summed E-state index contributed by atoms with van der Waals surface area (Å²) in [7, 11) is 0. The minimum absolute atomic E-state index is 0.252. The van der Waals surface area contributed by atoms with Crippen molar-refractivity contribution in [1.29, 1.82) is 0 Å². The van der Waals surface area contributed by atoms with Gasteiger partial charge in [-0.2, -0.15) is 0 Å². The second-order valence-corrected chi connectivity index (χ2v) is 7.93. The molecule has 8 heteroatoms. The average molecular weight is 435 g/mol. The molecule has 0 radical (unpaired) electrons. The Balaban J connectivity index is 2.17. The van der Waals surface area contributed by atoms with Crippen LogP contribution in [-0.4, -0.2) is 106 Å². The van der Waals surface area contributed by atoms with Crippen LogP contribution in [0, 0.1) is 10.8 Å². The van der Waals surface area contributed by atoms with Crippen molar-refractivity contribution in [3.8, 4) is 0 Å². The lowest BCUT2D eigenvalue weighted by molar-refractivity contribution is -0.165. The van der Waals surface area contributed by atoms with Crippen LogP contribution >= 0.6 is 0 Å². The molecule has 0 aliphatic carbocycles. The van der Waals surface area contributed by atoms with Crippen LogP contribution in [0.2, 0.25) is 0 Å². The molecule has 2 rings (SSSR count). The average Bonchev–Trinajstić information content (AvgIpc) is 2.81. The van der Waals surface area contributed by atoms with Gasteiger partial charge in [-0.05, 0) is 12.8 Å². The first-order valence-corrected chi connectivity index (χ1v) is 11.4. The maximum Gasteiger partial charge on any atom is 0.0701 e. The molecule has 178 valence electrons. The van der Waals surface area contributed by atoms with Gasteiger partial charge in [-0.15, -0.1) is 0 Å². The summed E-state index contributed by atoms with van der Waals surface area (Å²) in [5, 5.41) is 0. The summed E-state index contributed by atoms with van der Waals surface area (Å²) >= 11 is 0. The summed E-state index contributed by atoms with van der Waals surface area (Å²) in [5.41, 5.74) is -0.505. The van der Waals surface area contributed by atoms with Gasteiger partial charge < -0.3 is 37.9 Å². The summed E-state index contributed by atoms with van der Waals surface area (Å²) in [5.74, 6) is 0. The van der Waals surface area contributed by atoms with Gasteiger partial charge in [0.25, 0.3) is 0 Å². The van der Waals surface area contributed by atoms with Gasteiger partial charge in [-0.1, -0.05) is 13.8 Å². The van der Waals surface area contributed by atoms with E-state index in [-0.39, 0.29) is 10.8 Å². The lowest BCUT2D eigenvalue weighted by atomic mass is 9.61. The normalized spacial score (nSPS) is 26.6. The lowest BCUT2D eigenvalue weighted by Gasteiger charge is -2.49. The van der Waals surface area contributed by atoms with E-state index in [2.05, 4.69) is 13.8 Å². The van der Waals surface area contributed by atoms with Crippen LogP contribution in [0.3, 0.4) is 0 Å². The van der Waals surface area contributed by atoms with E-state index >= 15 is 0 Å². The predicted octanol–water partition coefficient (Wildman–Crippen LogP) is 1.94. The van der Waals surface area contributed by atoms with Crippen molar-refractivity contribution in [3.63, 3.8) is 0 Å². The molecule has 30 heavy (non-hydrogen) atoms. The van der Waals surface area contributed by atoms with Crippen LogP contribution in [0.1, 0.15) is 26.7 Å². The van der Waals surface area contributed by atoms with Gasteiger partial charge in [0.15, 0.2) is 0 Å². The smallest absolute Gasteiger partial charge is 0.0701 e. The fourth-order valence-corrected chi connectivity index (χ4v) is 4.04. The summed E-state index contributed by atoms with van der Waals surface area (Å²) < 4.78 is 46.8. The molecule has 2 fully saturated rings. The largest absolute Gasteiger partial charge is 0.378 e. The zero-order valence-corrected chi connectivity index (χ0v) is 19.0. The van der Waals surface area contributed by atoms with E-state index in [4.69, 9.17) is 37.9 Å². The van der Waals surface area contributed by atoms with Gasteiger partial charge >= 0.3 is 0 Å². The quantitative estimate of drug-likeness (QED) is 0.667. The SMILES string of the molecule is CCC1(C2(CC)COCCOCCOCCOC2)COCCOCCOCCOC1. The van der Waals surface area contributed by atoms with Crippen molar-refractivity contribution in [2.75, 3.05) is 106 Å². The Hall–Kier alpha value is -0.320. The molecular weight excluding hydrogens is 392 g/mol. The zero-order chi connectivity index (χ0) is 21.4. The van der Waals surface area contributed by atoms with Crippen LogP contribution in [-0.2, 0) is 37.9 Å². The van der Waals surface area contributed by atoms with Gasteiger partial charge in [0.2, 0.25) is 0 Å². The molecule has 0 aromatic heterocycles. The van der Waals surface area contributed by atoms with Crippen LogP contribution in [0.15, 0.2) is 0 Å². The summed E-state index contributed by atoms with van der Waals surface area (Å²) in [6, 6.07) is 0. The van der Waals surface area contributed by atoms with Gasteiger partial charge in [0.1, 0.15) is 0 Å². The van der Waals surface area contributed by atoms with Crippen molar-refractivity contribution >= 4 is 0 Å². The Morgan fingerprint density at radius 2 is 0.567 bits per heavy atom. The fraction of sp³-hybridized carbons (Fsp3) is 1.00. The molecule has 0 unspecified atom stereocenters. The first-order chi connectivity index (χ1) is 14.8. The highest BCUT2D eigenvalue weighted by Crippen LogP contribution is 2.46. The van der Waals surface area contributed by atoms with Gasteiger partial charge in [0, 0.05) is 10.8 Å². The van der Waals surface area contributed by atoms with E-state index in [9.17, 15) is 0 Å². The fourth-order valence-electron chi connectivity index (χ4n) is 4.04. The van der Waals surface area contributed by atoms with E-state index < -0.39 is 0 Å². The molecule has 8 nitrogen and oxygen atoms in total. The minimum Gasteiger partial charge on any atom is -0.378 e. The first-order valence-electron chi connectivity index (χ1n) is 11.4. The first kappa shape index (κ1) is 25.9. The number of hydrogen-bond donors (Lipinski definition) is 0. The Labute approximate surface area is 181 Å². The van der Waals surface area contributed by atoms with Gasteiger partial charge in [-0.25, -0.2) is 0 Å². The van der Waals surface area contributed by atoms with E-state index in [1.807, 2.05) is 0 Å². The van der Waals surface area contributed by atoms with Crippen molar-refractivity contribution < 1.29 is 37.9 Å². The Morgan fingerprint density at radius 1 is 0.367 bits per heavy atom. The third-order valence-electron chi connectivity index (χ3n) is 6.22. The predicted molar refractivity (Wildman–Crippen MR) is 112 cm³/mol. The summed E-state index contributed by atoms with van der Waals surface area (Å²) in [4.78, 5) is 0. The third-order valence-corrected chi connectivity index (χ3v) is 6.22. The summed E-state index contributed by atoms with van der Waals surface area (Å²) in [6.07, 6.45) is 1.78. The second-order valence-electron chi connectivity index (χ2n) is 7.93. The van der Waals surface area contributed by atoms with Crippen molar-refractivity contribution in [2.45, 2.75) is 26.7 Å². The van der Waals surface area contributed by atoms with Crippen molar-refractivity contribution in [1.82, 2.24) is 0 Å². The maximum absolute atomic E-state index is 6.12. The topological polar surface area (TPSA) is 73.8 Å². The molecule has 0 spiro atoms. The van der Waals surface area contributed by atoms with Crippen molar-refractivity contribution in [2.24, 2.45) is 10.8 Å². The number of rotatable bonds is 3. The maximum atomic E-state index is 6.12. The lowest BCUT2D eigenvalue weighted by Crippen LogP contribution is -2.54. The Bertz CT molecular complexity index is 354. The second kappa shape index (κ2) is 15.5. The molecule has 0 amide bonds. The number of hydrogen-bond acceptors (Lipinski definition) is 8. The zero-order valence-electron chi connectivity index (χ0n) is 19.0. The highest BCUT2D eigenvalue weighted by Gasteiger charge is 2.50. The third kappa shape index (κ3) is 8.31. The molecular formula is C22H42O8. The molecule has 2 heterocycles. The highest BCUT2D eigenvalue weighted by atomic mass is 16.6. The molecule has 2 aliphatic rings. The van der Waals surface area contributed by atoms with Crippen LogP contribution in [0.5, 0.6) is 0 Å². The monoisotopic (exact) mass is 434 g/mol. The van der Waals surface area contributed by atoms with Gasteiger partial charge in [0.05, 0.1) is 106 Å². The minimum atomic E-state index is -0.252. The van der Waals surface area contributed by atoms with Crippen LogP contribution < -0.4 is 0 Å². The summed E-state index contributed by atoms with van der Waals surface area (Å²) in [6.45, 7) is 13.4. The van der Waals surface area contributed by atoms with Crippen LogP contribution in [0.25, 0.3) is 0 Å². The molecule has 2 aliphatic heterocycles. The van der Waals surface area contributed by atoms with E-state index in [1.54, 1.807) is 0 Å². The molecule has 0 N–H and O–H groups in total. The molecule has 0 aromatic carbocycles.